The van der Waals surface area contributed by atoms with Crippen LogP contribution in [0, 0.1) is 12.7 Å². The molecule has 0 N–H and O–H groups in total. The molecule has 3 aromatic rings. The molecular weight excluding hydrogens is 435 g/mol. The molecule has 32 heavy (non-hydrogen) atoms. The van der Waals surface area contributed by atoms with E-state index in [0.29, 0.717) is 37.6 Å². The molecule has 0 radical (unpaired) electrons. The summed E-state index contributed by atoms with van der Waals surface area (Å²) in [5, 5.41) is 0. The predicted octanol–water partition coefficient (Wildman–Crippen LogP) is 4.98. The number of hydrogen-bond donors (Lipinski definition) is 0. The maximum Gasteiger partial charge on any atom is 0.127 e. The van der Waals surface area contributed by atoms with Gasteiger partial charge in [0.2, 0.25) is 0 Å². The lowest BCUT2D eigenvalue weighted by atomic mass is 9.86. The summed E-state index contributed by atoms with van der Waals surface area (Å²) in [6, 6.07) is 10.6. The van der Waals surface area contributed by atoms with Crippen LogP contribution in [0.1, 0.15) is 29.8 Å². The molecule has 0 atom stereocenters. The average molecular weight is 463 g/mol. The standard InChI is InChI=1S/C24H27FN2O4.ClH/c1-17-26-8-9-27(17)21-5-4-18(23(15-21)28-2)16-31-22-13-19(12-20(25)14-22)24(29-3)6-10-30-11-7-24;/h4-5,8-9,12-15H,6-7,10-11,16H2,1-3H3;1H. The van der Waals surface area contributed by atoms with Crippen molar-refractivity contribution in [2.24, 2.45) is 0 Å². The second-order valence-electron chi connectivity index (χ2n) is 7.62. The Kier molecular flexibility index (Phi) is 7.77. The van der Waals surface area contributed by atoms with Crippen molar-refractivity contribution in [2.45, 2.75) is 32.0 Å². The number of rotatable bonds is 7. The first-order valence-electron chi connectivity index (χ1n) is 10.3. The van der Waals surface area contributed by atoms with Crippen molar-refractivity contribution in [1.29, 1.82) is 0 Å². The van der Waals surface area contributed by atoms with Gasteiger partial charge in [0.05, 0.1) is 18.4 Å². The van der Waals surface area contributed by atoms with Gasteiger partial charge in [-0.25, -0.2) is 9.37 Å². The fraction of sp³-hybridized carbons (Fsp3) is 0.375. The molecule has 0 aliphatic carbocycles. The first-order chi connectivity index (χ1) is 15.0. The van der Waals surface area contributed by atoms with Crippen LogP contribution < -0.4 is 9.47 Å². The molecule has 0 amide bonds. The predicted molar refractivity (Wildman–Crippen MR) is 122 cm³/mol. The highest BCUT2D eigenvalue weighted by atomic mass is 35.5. The number of imidazole rings is 1. The first-order valence-corrected chi connectivity index (χ1v) is 10.3. The van der Waals surface area contributed by atoms with Gasteiger partial charge in [0, 0.05) is 63.3 Å². The van der Waals surface area contributed by atoms with Crippen LogP contribution in [0.3, 0.4) is 0 Å². The third-order valence-electron chi connectivity index (χ3n) is 5.86. The van der Waals surface area contributed by atoms with Crippen LogP contribution in [0.4, 0.5) is 4.39 Å². The van der Waals surface area contributed by atoms with Crippen molar-refractivity contribution < 1.29 is 23.3 Å². The Balaban J connectivity index is 0.00000289. The molecule has 2 heterocycles. The molecule has 0 spiro atoms. The quantitative estimate of drug-likeness (QED) is 0.495. The van der Waals surface area contributed by atoms with Gasteiger partial charge in [0.1, 0.15) is 29.7 Å². The molecular formula is C24H28ClFN2O4. The highest BCUT2D eigenvalue weighted by Crippen LogP contribution is 2.37. The number of benzene rings is 2. The molecule has 2 aromatic carbocycles. The van der Waals surface area contributed by atoms with Crippen molar-refractivity contribution in [2.75, 3.05) is 27.4 Å². The molecule has 0 unspecified atom stereocenters. The number of aromatic nitrogens is 2. The summed E-state index contributed by atoms with van der Waals surface area (Å²) in [6.45, 7) is 3.36. The maximum absolute atomic E-state index is 14.4. The minimum atomic E-state index is -0.555. The molecule has 1 saturated heterocycles. The summed E-state index contributed by atoms with van der Waals surface area (Å²) in [6.07, 6.45) is 5.01. The first kappa shape index (κ1) is 24.0. The van der Waals surface area contributed by atoms with Crippen molar-refractivity contribution >= 4 is 12.4 Å². The van der Waals surface area contributed by atoms with E-state index in [0.717, 1.165) is 22.6 Å². The minimum Gasteiger partial charge on any atom is -0.496 e. The van der Waals surface area contributed by atoms with Crippen LogP contribution in [0.15, 0.2) is 48.8 Å². The normalized spacial score (nSPS) is 15.1. The number of ether oxygens (including phenoxy) is 4. The van der Waals surface area contributed by atoms with E-state index >= 15 is 0 Å². The van der Waals surface area contributed by atoms with Crippen LogP contribution in [-0.4, -0.2) is 37.0 Å². The van der Waals surface area contributed by atoms with Crippen molar-refractivity contribution in [3.8, 4) is 17.2 Å². The lowest BCUT2D eigenvalue weighted by Crippen LogP contribution is -2.35. The zero-order valence-electron chi connectivity index (χ0n) is 18.5. The lowest BCUT2D eigenvalue weighted by molar-refractivity contribution is -0.0950. The van der Waals surface area contributed by atoms with E-state index < -0.39 is 5.60 Å². The zero-order valence-corrected chi connectivity index (χ0v) is 19.3. The summed E-state index contributed by atoms with van der Waals surface area (Å²) in [5.41, 5.74) is 2.03. The summed E-state index contributed by atoms with van der Waals surface area (Å²) >= 11 is 0. The monoisotopic (exact) mass is 462 g/mol. The van der Waals surface area contributed by atoms with Gasteiger partial charge in [0.25, 0.3) is 0 Å². The number of hydrogen-bond acceptors (Lipinski definition) is 5. The molecule has 172 valence electrons. The average Bonchev–Trinajstić information content (AvgIpc) is 3.23. The topological polar surface area (TPSA) is 54.7 Å². The second-order valence-corrected chi connectivity index (χ2v) is 7.62. The zero-order chi connectivity index (χ0) is 21.8. The Labute approximate surface area is 193 Å². The van der Waals surface area contributed by atoms with E-state index in [4.69, 9.17) is 18.9 Å². The largest absolute Gasteiger partial charge is 0.496 e. The molecule has 1 aliphatic heterocycles. The van der Waals surface area contributed by atoms with E-state index in [1.54, 1.807) is 20.4 Å². The number of methoxy groups -OCH3 is 2. The van der Waals surface area contributed by atoms with E-state index in [-0.39, 0.29) is 24.8 Å². The summed E-state index contributed by atoms with van der Waals surface area (Å²) in [5.74, 6) is 1.68. The van der Waals surface area contributed by atoms with Crippen molar-refractivity contribution in [3.05, 3.63) is 71.6 Å². The fourth-order valence-electron chi connectivity index (χ4n) is 4.04. The van der Waals surface area contributed by atoms with Crippen molar-refractivity contribution in [3.63, 3.8) is 0 Å². The molecule has 0 saturated carbocycles. The summed E-state index contributed by atoms with van der Waals surface area (Å²) in [4.78, 5) is 4.26. The smallest absolute Gasteiger partial charge is 0.127 e. The van der Waals surface area contributed by atoms with Gasteiger partial charge in [-0.3, -0.25) is 0 Å². The van der Waals surface area contributed by atoms with E-state index in [1.165, 1.54) is 12.1 Å². The molecule has 4 rings (SSSR count). The molecule has 1 aliphatic rings. The fourth-order valence-corrected chi connectivity index (χ4v) is 4.04. The third kappa shape index (κ3) is 4.90. The Bertz CT molecular complexity index is 1050. The van der Waals surface area contributed by atoms with Gasteiger partial charge in [0.15, 0.2) is 0 Å². The third-order valence-corrected chi connectivity index (χ3v) is 5.86. The van der Waals surface area contributed by atoms with Crippen LogP contribution in [0.2, 0.25) is 0 Å². The molecule has 1 fully saturated rings. The van der Waals surface area contributed by atoms with Gasteiger partial charge < -0.3 is 23.5 Å². The van der Waals surface area contributed by atoms with E-state index in [9.17, 15) is 4.39 Å². The number of nitrogens with zero attached hydrogens (tertiary/aromatic N) is 2. The van der Waals surface area contributed by atoms with Crippen LogP contribution >= 0.6 is 12.4 Å². The van der Waals surface area contributed by atoms with Gasteiger partial charge in [-0.2, -0.15) is 0 Å². The van der Waals surface area contributed by atoms with Gasteiger partial charge in [-0.1, -0.05) is 0 Å². The van der Waals surface area contributed by atoms with Gasteiger partial charge in [-0.15, -0.1) is 12.4 Å². The Morgan fingerprint density at radius 1 is 1.12 bits per heavy atom. The SMILES string of the molecule is COc1cc(-n2ccnc2C)ccc1COc1cc(F)cc(C2(OC)CCOCC2)c1.Cl. The van der Waals surface area contributed by atoms with Crippen LogP contribution in [0.5, 0.6) is 11.5 Å². The molecule has 6 nitrogen and oxygen atoms in total. The lowest BCUT2D eigenvalue weighted by Gasteiger charge is -2.36. The Hall–Kier alpha value is -2.61. The summed E-state index contributed by atoms with van der Waals surface area (Å²) in [7, 11) is 3.28. The highest BCUT2D eigenvalue weighted by Gasteiger charge is 2.35. The minimum absolute atomic E-state index is 0. The highest BCUT2D eigenvalue weighted by molar-refractivity contribution is 5.85. The van der Waals surface area contributed by atoms with Crippen LogP contribution in [0.25, 0.3) is 5.69 Å². The molecule has 0 bridgehead atoms. The summed E-state index contributed by atoms with van der Waals surface area (Å²) < 4.78 is 39.2. The van der Waals surface area contributed by atoms with Crippen LogP contribution in [-0.2, 0) is 21.7 Å². The Morgan fingerprint density at radius 3 is 2.56 bits per heavy atom. The maximum atomic E-state index is 14.4. The number of aryl methyl sites for hydroxylation is 1. The second kappa shape index (κ2) is 10.3. The van der Waals surface area contributed by atoms with Gasteiger partial charge >= 0.3 is 0 Å². The molecule has 1 aromatic heterocycles. The van der Waals surface area contributed by atoms with E-state index in [2.05, 4.69) is 4.98 Å². The molecule has 8 heteroatoms. The number of halogens is 2. The van der Waals surface area contributed by atoms with Gasteiger partial charge in [-0.05, 0) is 36.8 Å². The Morgan fingerprint density at radius 2 is 1.91 bits per heavy atom. The van der Waals surface area contributed by atoms with Crippen molar-refractivity contribution in [1.82, 2.24) is 9.55 Å². The van der Waals surface area contributed by atoms with E-state index in [1.807, 2.05) is 42.0 Å².